The third kappa shape index (κ3) is 5.18. The summed E-state index contributed by atoms with van der Waals surface area (Å²) in [7, 11) is 1.72. The van der Waals surface area contributed by atoms with Gasteiger partial charge >= 0.3 is 0 Å². The summed E-state index contributed by atoms with van der Waals surface area (Å²) >= 11 is 0. The van der Waals surface area contributed by atoms with Crippen LogP contribution in [0.15, 0.2) is 48.7 Å². The molecule has 1 aromatic heterocycles. The van der Waals surface area contributed by atoms with Crippen molar-refractivity contribution < 1.29 is 14.3 Å². The van der Waals surface area contributed by atoms with Gasteiger partial charge in [-0.25, -0.2) is 0 Å². The summed E-state index contributed by atoms with van der Waals surface area (Å²) < 4.78 is 11.8. The lowest BCUT2D eigenvalue weighted by molar-refractivity contribution is 0.0264. The van der Waals surface area contributed by atoms with Crippen molar-refractivity contribution in [3.63, 3.8) is 0 Å². The monoisotopic (exact) mass is 409 g/mol. The molecule has 3 heterocycles. The Labute approximate surface area is 178 Å². The molecule has 2 saturated heterocycles. The smallest absolute Gasteiger partial charge is 0.257 e. The van der Waals surface area contributed by atoms with Crippen molar-refractivity contribution in [2.75, 3.05) is 33.3 Å². The van der Waals surface area contributed by atoms with E-state index >= 15 is 0 Å². The number of rotatable bonds is 6. The molecule has 1 aromatic carbocycles. The van der Waals surface area contributed by atoms with E-state index in [0.717, 1.165) is 57.6 Å². The Morgan fingerprint density at radius 1 is 1.03 bits per heavy atom. The van der Waals surface area contributed by atoms with E-state index in [1.807, 2.05) is 47.5 Å². The molecule has 1 atom stereocenters. The first kappa shape index (κ1) is 20.8. The Bertz CT molecular complexity index is 821. The van der Waals surface area contributed by atoms with Crippen molar-refractivity contribution in [2.24, 2.45) is 0 Å². The number of hydrogen-bond acceptors (Lipinski definition) is 5. The molecule has 2 aromatic rings. The van der Waals surface area contributed by atoms with Gasteiger partial charge < -0.3 is 14.4 Å². The van der Waals surface area contributed by atoms with Gasteiger partial charge in [0.1, 0.15) is 11.9 Å². The molecular weight excluding hydrogens is 378 g/mol. The van der Waals surface area contributed by atoms with E-state index in [1.54, 1.807) is 7.11 Å². The summed E-state index contributed by atoms with van der Waals surface area (Å²) in [6.45, 7) is 4.24. The first-order valence-corrected chi connectivity index (χ1v) is 10.9. The second kappa shape index (κ2) is 10.0. The molecule has 2 aliphatic rings. The van der Waals surface area contributed by atoms with Gasteiger partial charge in [0.25, 0.3) is 5.91 Å². The van der Waals surface area contributed by atoms with E-state index in [2.05, 4.69) is 16.0 Å². The average molecular weight is 410 g/mol. The molecule has 0 aliphatic carbocycles. The summed E-state index contributed by atoms with van der Waals surface area (Å²) in [6.07, 6.45) is 5.98. The third-order valence-electron chi connectivity index (χ3n) is 6.06. The van der Waals surface area contributed by atoms with E-state index in [0.29, 0.717) is 17.9 Å². The Morgan fingerprint density at radius 3 is 2.60 bits per heavy atom. The standard InChI is InChI=1S/C24H31N3O3/c1-29-21-8-6-14-27(18-21)24(28)22-9-2-3-10-23(22)30-20-11-15-26(16-12-20)17-19-7-4-5-13-25-19/h2-5,7,9-10,13,20-21H,6,8,11-12,14-18H2,1H3. The van der Waals surface area contributed by atoms with Crippen LogP contribution >= 0.6 is 0 Å². The van der Waals surface area contributed by atoms with Crippen LogP contribution in [0.5, 0.6) is 5.75 Å². The normalized spacial score (nSPS) is 20.8. The second-order valence-electron chi connectivity index (χ2n) is 8.16. The minimum atomic E-state index is 0.0416. The lowest BCUT2D eigenvalue weighted by Gasteiger charge is -2.34. The van der Waals surface area contributed by atoms with Crippen LogP contribution in [-0.4, -0.2) is 66.2 Å². The van der Waals surface area contributed by atoms with Gasteiger partial charge in [0, 0.05) is 46.0 Å². The fourth-order valence-electron chi connectivity index (χ4n) is 4.32. The van der Waals surface area contributed by atoms with Gasteiger partial charge in [0.2, 0.25) is 0 Å². The number of likely N-dealkylation sites (tertiary alicyclic amines) is 2. The predicted molar refractivity (Wildman–Crippen MR) is 116 cm³/mol. The molecular formula is C24H31N3O3. The van der Waals surface area contributed by atoms with Crippen molar-refractivity contribution in [3.05, 3.63) is 59.9 Å². The zero-order valence-electron chi connectivity index (χ0n) is 17.7. The molecule has 4 rings (SSSR count). The van der Waals surface area contributed by atoms with Gasteiger partial charge in [0.05, 0.1) is 17.4 Å². The molecule has 0 N–H and O–H groups in total. The first-order valence-electron chi connectivity index (χ1n) is 10.9. The highest BCUT2D eigenvalue weighted by molar-refractivity contribution is 5.97. The fourth-order valence-corrected chi connectivity index (χ4v) is 4.32. The molecule has 30 heavy (non-hydrogen) atoms. The fraction of sp³-hybridized carbons (Fsp3) is 0.500. The topological polar surface area (TPSA) is 54.9 Å². The van der Waals surface area contributed by atoms with E-state index < -0.39 is 0 Å². The Balaban J connectivity index is 1.35. The van der Waals surface area contributed by atoms with E-state index in [1.165, 1.54) is 0 Å². The van der Waals surface area contributed by atoms with Gasteiger partial charge in [-0.2, -0.15) is 0 Å². The first-order chi connectivity index (χ1) is 14.7. The summed E-state index contributed by atoms with van der Waals surface area (Å²) in [6, 6.07) is 13.7. The lowest BCUT2D eigenvalue weighted by atomic mass is 10.1. The van der Waals surface area contributed by atoms with Crippen molar-refractivity contribution in [1.29, 1.82) is 0 Å². The molecule has 0 radical (unpaired) electrons. The molecule has 2 fully saturated rings. The number of piperidine rings is 2. The lowest BCUT2D eigenvalue weighted by Crippen LogP contribution is -2.43. The number of nitrogens with zero attached hydrogens (tertiary/aromatic N) is 3. The van der Waals surface area contributed by atoms with Gasteiger partial charge in [-0.05, 0) is 49.9 Å². The summed E-state index contributed by atoms with van der Waals surface area (Å²) in [5, 5.41) is 0. The summed E-state index contributed by atoms with van der Waals surface area (Å²) in [5.74, 6) is 0.741. The van der Waals surface area contributed by atoms with Crippen LogP contribution in [0.3, 0.4) is 0 Å². The largest absolute Gasteiger partial charge is 0.489 e. The summed E-state index contributed by atoms with van der Waals surface area (Å²) in [5.41, 5.74) is 1.76. The van der Waals surface area contributed by atoms with Gasteiger partial charge in [-0.1, -0.05) is 18.2 Å². The molecule has 0 bridgehead atoms. The molecule has 6 nitrogen and oxygen atoms in total. The zero-order chi connectivity index (χ0) is 20.8. The quantitative estimate of drug-likeness (QED) is 0.732. The number of ether oxygens (including phenoxy) is 2. The Morgan fingerprint density at radius 2 is 1.83 bits per heavy atom. The minimum Gasteiger partial charge on any atom is -0.489 e. The van der Waals surface area contributed by atoms with Gasteiger partial charge in [0.15, 0.2) is 0 Å². The molecule has 0 saturated carbocycles. The molecule has 1 unspecified atom stereocenters. The number of hydrogen-bond donors (Lipinski definition) is 0. The van der Waals surface area contributed by atoms with Gasteiger partial charge in [-0.15, -0.1) is 0 Å². The van der Waals surface area contributed by atoms with E-state index in [4.69, 9.17) is 9.47 Å². The van der Waals surface area contributed by atoms with Crippen LogP contribution in [0.4, 0.5) is 0 Å². The van der Waals surface area contributed by atoms with Crippen molar-refractivity contribution in [1.82, 2.24) is 14.8 Å². The van der Waals surface area contributed by atoms with Crippen molar-refractivity contribution in [2.45, 2.75) is 44.4 Å². The van der Waals surface area contributed by atoms with Crippen LogP contribution in [0.25, 0.3) is 0 Å². The predicted octanol–water partition coefficient (Wildman–Crippen LogP) is 3.38. The highest BCUT2D eigenvalue weighted by Crippen LogP contribution is 2.26. The van der Waals surface area contributed by atoms with Crippen LogP contribution in [0.1, 0.15) is 41.7 Å². The molecule has 1 amide bonds. The number of benzene rings is 1. The number of methoxy groups -OCH3 is 1. The molecule has 6 heteroatoms. The number of carbonyl (C=O) groups excluding carboxylic acids is 1. The minimum absolute atomic E-state index is 0.0416. The van der Waals surface area contributed by atoms with Crippen LogP contribution < -0.4 is 4.74 Å². The maximum absolute atomic E-state index is 13.2. The number of pyridine rings is 1. The molecule has 160 valence electrons. The number of aromatic nitrogens is 1. The second-order valence-corrected chi connectivity index (χ2v) is 8.16. The summed E-state index contributed by atoms with van der Waals surface area (Å²) in [4.78, 5) is 21.9. The van der Waals surface area contributed by atoms with Crippen molar-refractivity contribution in [3.8, 4) is 5.75 Å². The number of amides is 1. The maximum atomic E-state index is 13.2. The van der Waals surface area contributed by atoms with Crippen LogP contribution in [-0.2, 0) is 11.3 Å². The highest BCUT2D eigenvalue weighted by atomic mass is 16.5. The highest BCUT2D eigenvalue weighted by Gasteiger charge is 2.27. The number of carbonyl (C=O) groups is 1. The van der Waals surface area contributed by atoms with E-state index in [-0.39, 0.29) is 18.1 Å². The third-order valence-corrected chi connectivity index (χ3v) is 6.06. The number of para-hydroxylation sites is 1. The van der Waals surface area contributed by atoms with Crippen molar-refractivity contribution >= 4 is 5.91 Å². The van der Waals surface area contributed by atoms with Crippen LogP contribution in [0, 0.1) is 0 Å². The Kier molecular flexibility index (Phi) is 6.97. The maximum Gasteiger partial charge on any atom is 0.257 e. The molecule has 0 spiro atoms. The van der Waals surface area contributed by atoms with Gasteiger partial charge in [-0.3, -0.25) is 14.7 Å². The SMILES string of the molecule is COC1CCCN(C(=O)c2ccccc2OC2CCN(Cc3ccccn3)CC2)C1. The average Bonchev–Trinajstić information content (AvgIpc) is 2.81. The van der Waals surface area contributed by atoms with E-state index in [9.17, 15) is 4.79 Å². The Hall–Kier alpha value is -2.44. The zero-order valence-corrected chi connectivity index (χ0v) is 17.7. The van der Waals surface area contributed by atoms with Crippen LogP contribution in [0.2, 0.25) is 0 Å². The molecule has 2 aliphatic heterocycles.